The van der Waals surface area contributed by atoms with Gasteiger partial charge in [-0.05, 0) is 118 Å². The average molecular weight is 913 g/mol. The third kappa shape index (κ3) is 4.72. The lowest BCUT2D eigenvalue weighted by molar-refractivity contribution is 0.420. The Kier molecular flexibility index (Phi) is 6.94. The largest absolute Gasteiger partial charge is 0.456 e. The zero-order chi connectivity index (χ0) is 46.6. The molecular weight excluding hydrogens is 873 g/mol. The fourth-order valence-electron chi connectivity index (χ4n) is 13.3. The van der Waals surface area contributed by atoms with E-state index in [2.05, 4.69) is 212 Å². The number of fused-ring (bicyclic) bond motifs is 23. The summed E-state index contributed by atoms with van der Waals surface area (Å²) in [5, 5.41) is 14.9. The fraction of sp³-hybridized carbons (Fsp3) is 0.0769. The second kappa shape index (κ2) is 13.0. The van der Waals surface area contributed by atoms with Gasteiger partial charge in [-0.1, -0.05) is 109 Å². The summed E-state index contributed by atoms with van der Waals surface area (Å²) in [4.78, 5) is 2.54. The van der Waals surface area contributed by atoms with Gasteiger partial charge in [0.05, 0.1) is 16.7 Å². The quantitative estimate of drug-likeness (QED) is 0.173. The summed E-state index contributed by atoms with van der Waals surface area (Å²) in [7, 11) is 4.54. The van der Waals surface area contributed by atoms with Gasteiger partial charge in [0.25, 0.3) is 0 Å². The summed E-state index contributed by atoms with van der Waals surface area (Å²) in [6.45, 7) is 2.43. The van der Waals surface area contributed by atoms with E-state index in [1.165, 1.54) is 49.4 Å². The summed E-state index contributed by atoms with van der Waals surface area (Å²) in [5.41, 5.74) is 16.8. The molecule has 1 aliphatic heterocycles. The lowest BCUT2D eigenvalue weighted by Gasteiger charge is -2.41. The normalized spacial score (nSPS) is 16.8. The molecule has 71 heavy (non-hydrogen) atoms. The van der Waals surface area contributed by atoms with Crippen molar-refractivity contribution in [1.29, 1.82) is 0 Å². The molecule has 2 atom stereocenters. The van der Waals surface area contributed by atoms with E-state index < -0.39 is 5.54 Å². The predicted molar refractivity (Wildman–Crippen MR) is 292 cm³/mol. The van der Waals surface area contributed by atoms with E-state index in [9.17, 15) is 0 Å². The molecule has 0 spiro atoms. The Morgan fingerprint density at radius 2 is 0.944 bits per heavy atom. The van der Waals surface area contributed by atoms with Crippen molar-refractivity contribution in [2.45, 2.75) is 18.4 Å². The van der Waals surface area contributed by atoms with Gasteiger partial charge in [-0.3, -0.25) is 0 Å². The van der Waals surface area contributed by atoms with E-state index in [-0.39, 0.29) is 5.92 Å². The van der Waals surface area contributed by atoms with Crippen LogP contribution in [0, 0.1) is 0 Å². The van der Waals surface area contributed by atoms with Gasteiger partial charge in [-0.15, -0.1) is 0 Å². The average Bonchev–Trinajstić information content (AvgIpc) is 4.24. The van der Waals surface area contributed by atoms with Crippen molar-refractivity contribution in [3.8, 4) is 22.3 Å². The molecule has 0 amide bonds. The third-order valence-corrected chi connectivity index (χ3v) is 16.7. The van der Waals surface area contributed by atoms with E-state index in [1.807, 2.05) is 0 Å². The highest BCUT2D eigenvalue weighted by Crippen LogP contribution is 2.62. The van der Waals surface area contributed by atoms with E-state index in [4.69, 9.17) is 17.7 Å². The molecule has 6 nitrogen and oxygen atoms in total. The topological polar surface area (TPSA) is 60.7 Å². The number of para-hydroxylation sites is 2. The molecule has 1 aliphatic carbocycles. The number of nitrogens with zero attached hydrogens (tertiary/aromatic N) is 2. The molecular formula is C65H40N2O4. The van der Waals surface area contributed by atoms with Crippen molar-refractivity contribution < 1.29 is 17.7 Å². The van der Waals surface area contributed by atoms with Crippen molar-refractivity contribution in [2.24, 2.45) is 7.05 Å². The van der Waals surface area contributed by atoms with Crippen LogP contribution in [0.4, 0.5) is 5.69 Å². The summed E-state index contributed by atoms with van der Waals surface area (Å²) >= 11 is 0. The molecule has 334 valence electrons. The van der Waals surface area contributed by atoms with Crippen LogP contribution in [0.1, 0.15) is 29.7 Å². The standard InChI is InChI=1S/C65H40N2O4/c1-65-49(61-51(67(65)3)33-46(63-60(61)43-17-9-11-19-53(43)71-63)39-21-23-41-48-27-35-13-5-7-15-37(35)29-57(48)69-55(41)31-39)25-24-44-58-50(66(2)64(44)65)32-45(62-59(58)42-16-8-10-18-52(42)70-62)38-20-22-40-47-26-34-12-4-6-14-36(34)28-56(47)68-54(40)30-38/h4-33,49H,1-3H3. The van der Waals surface area contributed by atoms with Gasteiger partial charge < -0.3 is 27.1 Å². The molecule has 6 heterocycles. The van der Waals surface area contributed by atoms with Crippen molar-refractivity contribution in [2.75, 3.05) is 11.9 Å². The highest BCUT2D eigenvalue weighted by atomic mass is 16.3. The first-order valence-corrected chi connectivity index (χ1v) is 24.5. The SMILES string of the molecule is CN1c2cc(-c3ccc4c(c3)oc3cc5ccccc5cc34)c3oc4ccccc4c3c2C2C=Cc3c(n(C)c4cc(-c5ccc6c(c5)oc5cc7ccccc7cc56)c5oc6ccccc6c5c34)C21C. The van der Waals surface area contributed by atoms with Gasteiger partial charge in [0.15, 0.2) is 0 Å². The lowest BCUT2D eigenvalue weighted by Crippen LogP contribution is -2.43. The molecule has 0 N–H and O–H groups in total. The Bertz CT molecular complexity index is 4950. The van der Waals surface area contributed by atoms with Gasteiger partial charge in [-0.25, -0.2) is 0 Å². The van der Waals surface area contributed by atoms with Gasteiger partial charge in [-0.2, -0.15) is 0 Å². The van der Waals surface area contributed by atoms with Gasteiger partial charge >= 0.3 is 0 Å². The van der Waals surface area contributed by atoms with E-state index in [0.717, 1.165) is 116 Å². The van der Waals surface area contributed by atoms with E-state index in [0.29, 0.717) is 0 Å². The maximum Gasteiger partial charge on any atom is 0.144 e. The Morgan fingerprint density at radius 1 is 0.437 bits per heavy atom. The van der Waals surface area contributed by atoms with Gasteiger partial charge in [0.2, 0.25) is 0 Å². The summed E-state index contributed by atoms with van der Waals surface area (Å²) in [6.07, 6.45) is 4.84. The summed E-state index contributed by atoms with van der Waals surface area (Å²) in [5.74, 6) is 0.0192. The number of hydrogen-bond donors (Lipinski definition) is 0. The summed E-state index contributed by atoms with van der Waals surface area (Å²) in [6, 6.07) is 60.8. The first-order valence-electron chi connectivity index (χ1n) is 24.5. The van der Waals surface area contributed by atoms with Crippen molar-refractivity contribution >= 4 is 132 Å². The zero-order valence-electron chi connectivity index (χ0n) is 38.9. The third-order valence-electron chi connectivity index (χ3n) is 16.7. The van der Waals surface area contributed by atoms with Crippen molar-refractivity contribution in [3.63, 3.8) is 0 Å². The molecule has 5 aromatic heterocycles. The smallest absolute Gasteiger partial charge is 0.144 e. The van der Waals surface area contributed by atoms with Crippen LogP contribution in [0.2, 0.25) is 0 Å². The molecule has 2 aliphatic rings. The van der Waals surface area contributed by atoms with Crippen LogP contribution in [0.15, 0.2) is 194 Å². The van der Waals surface area contributed by atoms with E-state index >= 15 is 0 Å². The number of aromatic nitrogens is 1. The molecule has 17 rings (SSSR count). The molecule has 0 radical (unpaired) electrons. The minimum Gasteiger partial charge on any atom is -0.456 e. The molecule has 0 saturated carbocycles. The highest BCUT2D eigenvalue weighted by molar-refractivity contribution is 6.25. The number of benzene rings is 10. The second-order valence-corrected chi connectivity index (χ2v) is 20.2. The second-order valence-electron chi connectivity index (χ2n) is 20.2. The predicted octanol–water partition coefficient (Wildman–Crippen LogP) is 17.9. The maximum absolute atomic E-state index is 6.98. The Morgan fingerprint density at radius 3 is 1.55 bits per heavy atom. The first kappa shape index (κ1) is 37.9. The summed E-state index contributed by atoms with van der Waals surface area (Å²) < 4.78 is 29.7. The highest BCUT2D eigenvalue weighted by Gasteiger charge is 2.53. The number of furan rings is 4. The van der Waals surface area contributed by atoms with Crippen LogP contribution >= 0.6 is 0 Å². The van der Waals surface area contributed by atoms with Crippen LogP contribution in [-0.4, -0.2) is 11.6 Å². The number of hydrogen-bond acceptors (Lipinski definition) is 5. The molecule has 6 heteroatoms. The van der Waals surface area contributed by atoms with Crippen LogP contribution in [-0.2, 0) is 12.6 Å². The Balaban J connectivity index is 0.881. The zero-order valence-corrected chi connectivity index (χ0v) is 38.9. The molecule has 0 fully saturated rings. The number of aryl methyl sites for hydroxylation is 1. The molecule has 2 unspecified atom stereocenters. The van der Waals surface area contributed by atoms with Crippen LogP contribution in [0.25, 0.3) is 149 Å². The van der Waals surface area contributed by atoms with Crippen LogP contribution in [0.5, 0.6) is 0 Å². The van der Waals surface area contributed by atoms with Crippen LogP contribution < -0.4 is 4.90 Å². The maximum atomic E-state index is 6.98. The number of likely N-dealkylation sites (N-methyl/N-ethyl adjacent to an activating group) is 1. The fourth-order valence-corrected chi connectivity index (χ4v) is 13.3. The van der Waals surface area contributed by atoms with Gasteiger partial charge in [0.1, 0.15) is 44.7 Å². The molecule has 15 aromatic rings. The van der Waals surface area contributed by atoms with Crippen molar-refractivity contribution in [1.82, 2.24) is 4.57 Å². The molecule has 0 bridgehead atoms. The van der Waals surface area contributed by atoms with Crippen molar-refractivity contribution in [3.05, 3.63) is 193 Å². The monoisotopic (exact) mass is 912 g/mol. The number of anilines is 1. The minimum absolute atomic E-state index is 0.0192. The number of rotatable bonds is 2. The Hall–Kier alpha value is -9.00. The minimum atomic E-state index is -0.475. The lowest BCUT2D eigenvalue weighted by atomic mass is 9.74. The first-order chi connectivity index (χ1) is 34.9. The van der Waals surface area contributed by atoms with Gasteiger partial charge in [0, 0.05) is 90.9 Å². The molecule has 10 aromatic carbocycles. The van der Waals surface area contributed by atoms with E-state index in [1.54, 1.807) is 0 Å². The van der Waals surface area contributed by atoms with Crippen LogP contribution in [0.3, 0.4) is 0 Å². The Labute approximate surface area is 404 Å². The molecule has 0 saturated heterocycles.